The van der Waals surface area contributed by atoms with Gasteiger partial charge >= 0.3 is 6.09 Å². The zero-order chi connectivity index (χ0) is 18.1. The Bertz CT molecular complexity index is 585. The highest BCUT2D eigenvalue weighted by Crippen LogP contribution is 2.24. The monoisotopic (exact) mass is 349 g/mol. The van der Waals surface area contributed by atoms with Gasteiger partial charge in [-0.2, -0.15) is 0 Å². The number of hydrogen-bond donors (Lipinski definition) is 4. The number of carbonyl (C=O) groups excluding carboxylic acids is 2. The molecule has 1 aliphatic carbocycles. The number of hydrazine groups is 1. The lowest BCUT2D eigenvalue weighted by Crippen LogP contribution is -2.47. The third-order valence-electron chi connectivity index (χ3n) is 4.10. The number of hydrogen-bond acceptors (Lipinski definition) is 4. The van der Waals surface area contributed by atoms with Gasteiger partial charge in [-0.05, 0) is 31.2 Å². The van der Waals surface area contributed by atoms with Crippen LogP contribution in [0.3, 0.4) is 0 Å². The Balaban J connectivity index is 1.60. The van der Waals surface area contributed by atoms with Crippen LogP contribution in [0.5, 0.6) is 0 Å². The largest absolute Gasteiger partial charge is 0.465 e. The van der Waals surface area contributed by atoms with Crippen LogP contribution in [0.2, 0.25) is 0 Å². The minimum Gasteiger partial charge on any atom is -0.465 e. The van der Waals surface area contributed by atoms with Gasteiger partial charge in [-0.15, -0.1) is 0 Å². The van der Waals surface area contributed by atoms with Gasteiger partial charge in [-0.1, -0.05) is 30.3 Å². The quantitative estimate of drug-likeness (QED) is 0.575. The lowest BCUT2D eigenvalue weighted by atomic mass is 9.85. The van der Waals surface area contributed by atoms with Crippen LogP contribution in [-0.4, -0.2) is 35.7 Å². The van der Waals surface area contributed by atoms with E-state index in [0.717, 1.165) is 5.56 Å². The van der Waals surface area contributed by atoms with Gasteiger partial charge in [0.2, 0.25) is 5.91 Å². The molecule has 0 spiro atoms. The molecule has 1 aliphatic rings. The van der Waals surface area contributed by atoms with Crippen LogP contribution < -0.4 is 16.2 Å². The Morgan fingerprint density at radius 1 is 1.04 bits per heavy atom. The summed E-state index contributed by atoms with van der Waals surface area (Å²) in [6.45, 7) is 0.174. The van der Waals surface area contributed by atoms with E-state index in [0.29, 0.717) is 32.3 Å². The standard InChI is InChI=1S/C17H23N3O5/c21-15(11-25-10-12-4-2-1-3-5-12)19-20-16(22)13-6-8-14(9-7-13)18-17(23)24/h1-5,13-14,18H,6-11H2,(H,19,21)(H,20,22)(H,23,24). The van der Waals surface area contributed by atoms with E-state index in [9.17, 15) is 14.4 Å². The summed E-state index contributed by atoms with van der Waals surface area (Å²) in [5.74, 6) is -0.909. The third kappa shape index (κ3) is 6.80. The molecule has 4 N–H and O–H groups in total. The Morgan fingerprint density at radius 3 is 2.36 bits per heavy atom. The van der Waals surface area contributed by atoms with Gasteiger partial charge in [0.1, 0.15) is 6.61 Å². The summed E-state index contributed by atoms with van der Waals surface area (Å²) in [6.07, 6.45) is 1.33. The van der Waals surface area contributed by atoms with E-state index >= 15 is 0 Å². The molecule has 0 unspecified atom stereocenters. The van der Waals surface area contributed by atoms with Crippen molar-refractivity contribution in [3.63, 3.8) is 0 Å². The highest BCUT2D eigenvalue weighted by Gasteiger charge is 2.27. The van der Waals surface area contributed by atoms with Gasteiger partial charge in [-0.25, -0.2) is 4.79 Å². The van der Waals surface area contributed by atoms with Crippen molar-refractivity contribution in [1.29, 1.82) is 0 Å². The molecule has 1 saturated carbocycles. The summed E-state index contributed by atoms with van der Waals surface area (Å²) < 4.78 is 5.28. The van der Waals surface area contributed by atoms with Gasteiger partial charge in [-0.3, -0.25) is 20.4 Å². The molecule has 1 fully saturated rings. The second-order valence-corrected chi connectivity index (χ2v) is 6.01. The first-order chi connectivity index (χ1) is 12.0. The molecule has 0 atom stereocenters. The highest BCUT2D eigenvalue weighted by atomic mass is 16.5. The first-order valence-corrected chi connectivity index (χ1v) is 8.24. The van der Waals surface area contributed by atoms with Gasteiger partial charge in [0.05, 0.1) is 6.61 Å². The molecule has 0 saturated heterocycles. The van der Waals surface area contributed by atoms with E-state index < -0.39 is 12.0 Å². The van der Waals surface area contributed by atoms with Crippen LogP contribution in [0.25, 0.3) is 0 Å². The minimum absolute atomic E-state index is 0.109. The van der Waals surface area contributed by atoms with Crippen molar-refractivity contribution in [1.82, 2.24) is 16.2 Å². The molecule has 1 aromatic carbocycles. The van der Waals surface area contributed by atoms with Crippen molar-refractivity contribution in [3.05, 3.63) is 35.9 Å². The second kappa shape index (κ2) is 9.63. The SMILES string of the molecule is O=C(O)NC1CCC(C(=O)NNC(=O)COCc2ccccc2)CC1. The zero-order valence-corrected chi connectivity index (χ0v) is 13.9. The van der Waals surface area contributed by atoms with Crippen LogP contribution in [0.4, 0.5) is 4.79 Å². The molecule has 8 nitrogen and oxygen atoms in total. The van der Waals surface area contributed by atoms with Crippen LogP contribution in [0.1, 0.15) is 31.2 Å². The lowest BCUT2D eigenvalue weighted by Gasteiger charge is -2.27. The fraction of sp³-hybridized carbons (Fsp3) is 0.471. The summed E-state index contributed by atoms with van der Waals surface area (Å²) in [7, 11) is 0. The number of amides is 3. The molecule has 25 heavy (non-hydrogen) atoms. The highest BCUT2D eigenvalue weighted by molar-refractivity contribution is 5.83. The third-order valence-corrected chi connectivity index (χ3v) is 4.10. The molecule has 0 bridgehead atoms. The lowest BCUT2D eigenvalue weighted by molar-refractivity contribution is -0.134. The van der Waals surface area contributed by atoms with E-state index in [4.69, 9.17) is 9.84 Å². The fourth-order valence-corrected chi connectivity index (χ4v) is 2.78. The molecule has 3 amide bonds. The van der Waals surface area contributed by atoms with E-state index in [-0.39, 0.29) is 24.5 Å². The molecule has 0 radical (unpaired) electrons. The van der Waals surface area contributed by atoms with Crippen molar-refractivity contribution in [2.45, 2.75) is 38.3 Å². The Morgan fingerprint density at radius 2 is 1.72 bits per heavy atom. The molecular formula is C17H23N3O5. The van der Waals surface area contributed by atoms with Crippen LogP contribution in [-0.2, 0) is 20.9 Å². The Labute approximate surface area is 145 Å². The van der Waals surface area contributed by atoms with E-state index in [1.54, 1.807) is 0 Å². The molecule has 2 rings (SSSR count). The maximum absolute atomic E-state index is 12.0. The van der Waals surface area contributed by atoms with Crippen molar-refractivity contribution in [3.8, 4) is 0 Å². The molecule has 1 aromatic rings. The predicted octanol–water partition coefficient (Wildman–Crippen LogP) is 1.18. The average molecular weight is 349 g/mol. The van der Waals surface area contributed by atoms with Gasteiger partial charge in [0, 0.05) is 12.0 Å². The van der Waals surface area contributed by atoms with Crippen LogP contribution in [0, 0.1) is 5.92 Å². The molecular weight excluding hydrogens is 326 g/mol. The summed E-state index contributed by atoms with van der Waals surface area (Å²) in [5, 5.41) is 11.1. The number of carbonyl (C=O) groups is 3. The van der Waals surface area contributed by atoms with Crippen molar-refractivity contribution in [2.75, 3.05) is 6.61 Å². The van der Waals surface area contributed by atoms with Crippen LogP contribution >= 0.6 is 0 Å². The smallest absolute Gasteiger partial charge is 0.404 e. The molecule has 8 heteroatoms. The van der Waals surface area contributed by atoms with Gasteiger partial charge in [0.15, 0.2) is 0 Å². The number of carboxylic acid groups (broad SMARTS) is 1. The maximum Gasteiger partial charge on any atom is 0.404 e. The normalized spacial score (nSPS) is 19.7. The first kappa shape index (κ1) is 18.7. The fourth-order valence-electron chi connectivity index (χ4n) is 2.78. The average Bonchev–Trinajstić information content (AvgIpc) is 2.61. The van der Waals surface area contributed by atoms with E-state index in [1.165, 1.54) is 0 Å². The van der Waals surface area contributed by atoms with Crippen LogP contribution in [0.15, 0.2) is 30.3 Å². The van der Waals surface area contributed by atoms with Crippen molar-refractivity contribution < 1.29 is 24.2 Å². The number of nitrogens with one attached hydrogen (secondary N) is 3. The summed E-state index contributed by atoms with van der Waals surface area (Å²) in [6, 6.07) is 9.36. The number of ether oxygens (including phenoxy) is 1. The van der Waals surface area contributed by atoms with Gasteiger partial charge in [0.25, 0.3) is 5.91 Å². The Hall–Kier alpha value is -2.61. The predicted molar refractivity (Wildman–Crippen MR) is 89.3 cm³/mol. The zero-order valence-electron chi connectivity index (χ0n) is 13.9. The summed E-state index contributed by atoms with van der Waals surface area (Å²) >= 11 is 0. The minimum atomic E-state index is -1.05. The summed E-state index contributed by atoms with van der Waals surface area (Å²) in [5.41, 5.74) is 5.70. The van der Waals surface area contributed by atoms with Crippen molar-refractivity contribution >= 4 is 17.9 Å². The molecule has 0 aliphatic heterocycles. The summed E-state index contributed by atoms with van der Waals surface area (Å²) in [4.78, 5) is 34.3. The molecule has 0 heterocycles. The van der Waals surface area contributed by atoms with E-state index in [2.05, 4.69) is 16.2 Å². The maximum atomic E-state index is 12.0. The Kier molecular flexibility index (Phi) is 7.21. The number of benzene rings is 1. The first-order valence-electron chi connectivity index (χ1n) is 8.24. The van der Waals surface area contributed by atoms with E-state index in [1.807, 2.05) is 30.3 Å². The molecule has 0 aromatic heterocycles. The second-order valence-electron chi connectivity index (χ2n) is 6.01. The van der Waals surface area contributed by atoms with Crippen molar-refractivity contribution in [2.24, 2.45) is 5.92 Å². The topological polar surface area (TPSA) is 117 Å². The number of rotatable bonds is 6. The van der Waals surface area contributed by atoms with Gasteiger partial charge < -0.3 is 15.2 Å². The molecule has 136 valence electrons.